The normalized spacial score (nSPS) is 11.0. The molecule has 0 radical (unpaired) electrons. The Balaban J connectivity index is 1.87. The fraction of sp³-hybridized carbons (Fsp3) is 0.400. The summed E-state index contributed by atoms with van der Waals surface area (Å²) in [5, 5.41) is 3.54. The second-order valence-electron chi connectivity index (χ2n) is 5.41. The first kappa shape index (κ1) is 17.0. The van der Waals surface area contributed by atoms with E-state index in [1.165, 1.54) is 11.8 Å². The molecule has 5 nitrogen and oxygen atoms in total. The van der Waals surface area contributed by atoms with Crippen molar-refractivity contribution in [2.45, 2.75) is 32.3 Å². The zero-order chi connectivity index (χ0) is 16.1. The summed E-state index contributed by atoms with van der Waals surface area (Å²) in [6.45, 7) is 6.35. The zero-order valence-corrected chi connectivity index (χ0v) is 15.2. The fourth-order valence-corrected chi connectivity index (χ4v) is 2.86. The first-order chi connectivity index (χ1) is 10.4. The maximum atomic E-state index is 11.9. The number of nitrogens with zero attached hydrogens (tertiary/aromatic N) is 2. The largest absolute Gasteiger partial charge is 0.337 e. The van der Waals surface area contributed by atoms with Crippen LogP contribution in [0.2, 0.25) is 0 Å². The average molecular weight is 383 g/mol. The van der Waals surface area contributed by atoms with Crippen molar-refractivity contribution in [3.05, 3.63) is 34.2 Å². The maximum Gasteiger partial charge on any atom is 0.236 e. The van der Waals surface area contributed by atoms with E-state index in [0.717, 1.165) is 27.4 Å². The Morgan fingerprint density at radius 1 is 1.45 bits per heavy atom. The van der Waals surface area contributed by atoms with E-state index in [0.29, 0.717) is 17.5 Å². The quantitative estimate of drug-likeness (QED) is 0.745. The van der Waals surface area contributed by atoms with Crippen LogP contribution in [0.4, 0.5) is 5.82 Å². The number of rotatable bonds is 6. The lowest BCUT2D eigenvalue weighted by atomic mass is 10.1. The summed E-state index contributed by atoms with van der Waals surface area (Å²) in [5.74, 6) is 1.31. The van der Waals surface area contributed by atoms with E-state index in [4.69, 9.17) is 0 Å². The summed E-state index contributed by atoms with van der Waals surface area (Å²) in [6, 6.07) is 3.59. The molecule has 0 bridgehead atoms. The lowest BCUT2D eigenvalue weighted by Gasteiger charge is -2.03. The number of pyridine rings is 1. The van der Waals surface area contributed by atoms with Gasteiger partial charge in [0, 0.05) is 16.4 Å². The van der Waals surface area contributed by atoms with E-state index in [9.17, 15) is 4.79 Å². The van der Waals surface area contributed by atoms with Crippen molar-refractivity contribution in [3.63, 3.8) is 0 Å². The fourth-order valence-electron chi connectivity index (χ4n) is 1.88. The van der Waals surface area contributed by atoms with E-state index in [-0.39, 0.29) is 5.91 Å². The van der Waals surface area contributed by atoms with Gasteiger partial charge in [0.1, 0.15) is 5.82 Å². The number of thioether (sulfide) groups is 1. The van der Waals surface area contributed by atoms with Gasteiger partial charge < -0.3 is 10.3 Å². The van der Waals surface area contributed by atoms with Crippen molar-refractivity contribution in [1.82, 2.24) is 15.0 Å². The molecule has 0 aliphatic rings. The minimum atomic E-state index is -0.0979. The Kier molecular flexibility index (Phi) is 6.02. The number of hydrogen-bond donors (Lipinski definition) is 2. The molecular weight excluding hydrogens is 364 g/mol. The van der Waals surface area contributed by atoms with Gasteiger partial charge in [0.25, 0.3) is 0 Å². The molecule has 0 spiro atoms. The van der Waals surface area contributed by atoms with E-state index < -0.39 is 0 Å². The summed E-state index contributed by atoms with van der Waals surface area (Å²) in [5.41, 5.74) is 2.15. The SMILES string of the molecule is Cc1[nH]c(SCC(=O)Nc2ccc(Br)cn2)nc1CC(C)C. The van der Waals surface area contributed by atoms with Crippen LogP contribution in [0.5, 0.6) is 0 Å². The maximum absolute atomic E-state index is 11.9. The molecule has 7 heteroatoms. The Morgan fingerprint density at radius 2 is 2.23 bits per heavy atom. The molecule has 2 rings (SSSR count). The van der Waals surface area contributed by atoms with Crippen molar-refractivity contribution in [1.29, 1.82) is 0 Å². The van der Waals surface area contributed by atoms with Crippen LogP contribution in [0.3, 0.4) is 0 Å². The number of aromatic amines is 1. The van der Waals surface area contributed by atoms with Gasteiger partial charge >= 0.3 is 0 Å². The van der Waals surface area contributed by atoms with Crippen molar-refractivity contribution >= 4 is 39.4 Å². The molecule has 0 saturated carbocycles. The number of imidazole rings is 1. The number of anilines is 1. The number of carbonyl (C=O) groups is 1. The molecule has 2 heterocycles. The molecule has 0 atom stereocenters. The highest BCUT2D eigenvalue weighted by Crippen LogP contribution is 2.19. The van der Waals surface area contributed by atoms with Crippen LogP contribution in [0, 0.1) is 12.8 Å². The molecule has 2 N–H and O–H groups in total. The second-order valence-corrected chi connectivity index (χ2v) is 7.29. The van der Waals surface area contributed by atoms with Gasteiger partial charge in [-0.1, -0.05) is 25.6 Å². The molecule has 2 aromatic rings. The van der Waals surface area contributed by atoms with Crippen LogP contribution in [0.15, 0.2) is 28.0 Å². The van der Waals surface area contributed by atoms with Gasteiger partial charge in [-0.2, -0.15) is 0 Å². The predicted molar refractivity (Wildman–Crippen MR) is 93.2 cm³/mol. The van der Waals surface area contributed by atoms with Gasteiger partial charge in [0.2, 0.25) is 5.91 Å². The Bertz CT molecular complexity index is 639. The number of nitrogens with one attached hydrogen (secondary N) is 2. The number of amides is 1. The molecule has 0 unspecified atom stereocenters. The van der Waals surface area contributed by atoms with E-state index >= 15 is 0 Å². The highest BCUT2D eigenvalue weighted by Gasteiger charge is 2.11. The van der Waals surface area contributed by atoms with Crippen LogP contribution in [-0.2, 0) is 11.2 Å². The first-order valence-electron chi connectivity index (χ1n) is 7.03. The lowest BCUT2D eigenvalue weighted by Crippen LogP contribution is -2.14. The molecule has 0 fully saturated rings. The van der Waals surface area contributed by atoms with Crippen LogP contribution >= 0.6 is 27.7 Å². The van der Waals surface area contributed by atoms with Gasteiger partial charge in [-0.05, 0) is 47.3 Å². The highest BCUT2D eigenvalue weighted by molar-refractivity contribution is 9.10. The van der Waals surface area contributed by atoms with Gasteiger partial charge in [0.05, 0.1) is 11.4 Å². The van der Waals surface area contributed by atoms with Crippen molar-refractivity contribution in [3.8, 4) is 0 Å². The summed E-state index contributed by atoms with van der Waals surface area (Å²) in [7, 11) is 0. The molecular formula is C15H19BrN4OS. The minimum Gasteiger partial charge on any atom is -0.337 e. The highest BCUT2D eigenvalue weighted by atomic mass is 79.9. The Hall–Kier alpha value is -1.34. The van der Waals surface area contributed by atoms with Gasteiger partial charge in [-0.15, -0.1) is 0 Å². The minimum absolute atomic E-state index is 0.0979. The first-order valence-corrected chi connectivity index (χ1v) is 8.81. The molecule has 2 aromatic heterocycles. The predicted octanol–water partition coefficient (Wildman–Crippen LogP) is 3.80. The van der Waals surface area contributed by atoms with E-state index in [2.05, 4.69) is 50.0 Å². The number of hydrogen-bond acceptors (Lipinski definition) is 4. The van der Waals surface area contributed by atoms with E-state index in [1.807, 2.05) is 13.0 Å². The second kappa shape index (κ2) is 7.78. The van der Waals surface area contributed by atoms with Gasteiger partial charge in [-0.3, -0.25) is 4.79 Å². The summed E-state index contributed by atoms with van der Waals surface area (Å²) < 4.78 is 0.878. The Morgan fingerprint density at radius 3 is 2.86 bits per heavy atom. The lowest BCUT2D eigenvalue weighted by molar-refractivity contribution is -0.113. The summed E-state index contributed by atoms with van der Waals surface area (Å²) in [6.07, 6.45) is 2.59. The molecule has 0 aliphatic carbocycles. The van der Waals surface area contributed by atoms with Gasteiger partial charge in [-0.25, -0.2) is 9.97 Å². The molecule has 0 saturated heterocycles. The average Bonchev–Trinajstić information content (AvgIpc) is 2.79. The van der Waals surface area contributed by atoms with Crippen LogP contribution in [0.1, 0.15) is 25.2 Å². The third-order valence-corrected chi connectivity index (χ3v) is 4.24. The number of H-pyrrole nitrogens is 1. The standard InChI is InChI=1S/C15H19BrN4OS/c1-9(2)6-12-10(3)18-15(19-12)22-8-14(21)20-13-5-4-11(16)7-17-13/h4-5,7,9H,6,8H2,1-3H3,(H,18,19)(H,17,20,21). The molecule has 22 heavy (non-hydrogen) atoms. The monoisotopic (exact) mass is 382 g/mol. The van der Waals surface area contributed by atoms with Gasteiger partial charge in [0.15, 0.2) is 5.16 Å². The number of aromatic nitrogens is 3. The summed E-state index contributed by atoms with van der Waals surface area (Å²) >= 11 is 4.70. The molecule has 118 valence electrons. The molecule has 0 aliphatic heterocycles. The Labute approximate surface area is 142 Å². The zero-order valence-electron chi connectivity index (χ0n) is 12.8. The van der Waals surface area contributed by atoms with Crippen molar-refractivity contribution in [2.75, 3.05) is 11.1 Å². The molecule has 0 aromatic carbocycles. The summed E-state index contributed by atoms with van der Waals surface area (Å²) in [4.78, 5) is 23.8. The molecule has 1 amide bonds. The van der Waals surface area contributed by atoms with Crippen LogP contribution in [0.25, 0.3) is 0 Å². The van der Waals surface area contributed by atoms with Crippen molar-refractivity contribution < 1.29 is 4.79 Å². The number of aryl methyl sites for hydroxylation is 1. The van der Waals surface area contributed by atoms with E-state index in [1.54, 1.807) is 12.3 Å². The number of carbonyl (C=O) groups excluding carboxylic acids is 1. The van der Waals surface area contributed by atoms with Crippen LogP contribution in [-0.4, -0.2) is 26.6 Å². The number of halogens is 1. The third kappa shape index (κ3) is 5.14. The van der Waals surface area contributed by atoms with Crippen LogP contribution < -0.4 is 5.32 Å². The van der Waals surface area contributed by atoms with Crippen molar-refractivity contribution in [2.24, 2.45) is 5.92 Å². The topological polar surface area (TPSA) is 70.7 Å². The smallest absolute Gasteiger partial charge is 0.236 e. The third-order valence-electron chi connectivity index (χ3n) is 2.90.